The average molecular weight is 488 g/mol. The van der Waals surface area contributed by atoms with E-state index in [1.165, 1.54) is 18.0 Å². The molecule has 0 bridgehead atoms. The fourth-order valence-electron chi connectivity index (χ4n) is 3.72. The quantitative estimate of drug-likeness (QED) is 0.322. The molecule has 32 heavy (non-hydrogen) atoms. The van der Waals surface area contributed by atoms with Crippen molar-refractivity contribution in [2.24, 2.45) is 0 Å². The number of phenolic OH excluding ortho intramolecular Hbond substituents is 1. The van der Waals surface area contributed by atoms with Crippen molar-refractivity contribution in [3.05, 3.63) is 70.7 Å². The van der Waals surface area contributed by atoms with Crippen LogP contribution in [0.4, 0.5) is 11.4 Å². The molecule has 1 saturated heterocycles. The number of benzene rings is 3. The topological polar surface area (TPSA) is 55.8 Å². The summed E-state index contributed by atoms with van der Waals surface area (Å²) in [5.41, 5.74) is 4.14. The number of nitrogens with zero attached hydrogens (tertiary/aromatic N) is 2. The minimum absolute atomic E-state index is 0.00859. The molecule has 0 spiro atoms. The number of rotatable bonds is 6. The molecule has 2 N–H and O–H groups in total. The first kappa shape index (κ1) is 22.6. The summed E-state index contributed by atoms with van der Waals surface area (Å²) in [6.45, 7) is 3.04. The lowest BCUT2D eigenvalue weighted by molar-refractivity contribution is -0.117. The Hall–Kier alpha value is -2.54. The van der Waals surface area contributed by atoms with E-state index >= 15 is 0 Å². The molecular weight excluding hydrogens is 465 g/mol. The second kappa shape index (κ2) is 10.4. The first-order valence-corrected chi connectivity index (χ1v) is 11.9. The Labute approximate surface area is 202 Å². The van der Waals surface area contributed by atoms with E-state index in [1.807, 2.05) is 23.1 Å². The Morgan fingerprint density at radius 3 is 2.53 bits per heavy atom. The summed E-state index contributed by atoms with van der Waals surface area (Å²) in [5, 5.41) is 11.0. The number of nitrogens with one attached hydrogen (secondary N) is 1. The van der Waals surface area contributed by atoms with Gasteiger partial charge in [0.05, 0.1) is 21.3 Å². The zero-order valence-corrected chi connectivity index (χ0v) is 19.6. The number of carbonyl (C=O) groups excluding carboxylic acids is 1. The molecular formula is C24H23Cl2N3O2S. The van der Waals surface area contributed by atoms with Crippen molar-refractivity contribution in [3.63, 3.8) is 0 Å². The van der Waals surface area contributed by atoms with Crippen LogP contribution in [-0.2, 0) is 4.79 Å². The van der Waals surface area contributed by atoms with Gasteiger partial charge in [0, 0.05) is 31.2 Å². The maximum Gasteiger partial charge on any atom is 0.209 e. The average Bonchev–Trinajstić information content (AvgIpc) is 3.06. The smallest absolute Gasteiger partial charge is 0.209 e. The summed E-state index contributed by atoms with van der Waals surface area (Å²) in [4.78, 5) is 15.9. The molecule has 5 nitrogen and oxygen atoms in total. The third-order valence-corrected chi connectivity index (χ3v) is 6.75. The van der Waals surface area contributed by atoms with E-state index in [4.69, 9.17) is 23.2 Å². The molecule has 1 amide bonds. The van der Waals surface area contributed by atoms with Crippen molar-refractivity contribution in [2.45, 2.75) is 11.3 Å². The van der Waals surface area contributed by atoms with Crippen LogP contribution in [0.3, 0.4) is 0 Å². The molecule has 0 saturated carbocycles. The lowest BCUT2D eigenvalue weighted by atomic mass is 10.0. The third kappa shape index (κ3) is 5.26. The van der Waals surface area contributed by atoms with Crippen LogP contribution in [0.5, 0.6) is 5.75 Å². The Kier molecular flexibility index (Phi) is 7.35. The number of carbonyl (C=O) groups is 1. The Balaban J connectivity index is 1.66. The number of aromatic hydroxyl groups is 1. The molecule has 0 aliphatic carbocycles. The highest BCUT2D eigenvalue weighted by Crippen LogP contribution is 2.40. The van der Waals surface area contributed by atoms with E-state index in [2.05, 4.69) is 40.0 Å². The van der Waals surface area contributed by atoms with Crippen LogP contribution in [0, 0.1) is 0 Å². The van der Waals surface area contributed by atoms with Gasteiger partial charge >= 0.3 is 0 Å². The Bertz CT molecular complexity index is 1100. The maximum absolute atomic E-state index is 11.2. The van der Waals surface area contributed by atoms with Crippen molar-refractivity contribution in [1.29, 1.82) is 0 Å². The third-order valence-electron chi connectivity index (χ3n) is 5.39. The van der Waals surface area contributed by atoms with Gasteiger partial charge in [-0.15, -0.1) is 0 Å². The molecule has 0 aromatic heterocycles. The number of phenols is 1. The lowest BCUT2D eigenvalue weighted by Crippen LogP contribution is -2.30. The molecule has 1 aliphatic heterocycles. The van der Waals surface area contributed by atoms with Gasteiger partial charge in [0.2, 0.25) is 6.41 Å². The Morgan fingerprint density at radius 1 is 0.938 bits per heavy atom. The molecule has 4 rings (SSSR count). The van der Waals surface area contributed by atoms with Gasteiger partial charge in [0.25, 0.3) is 0 Å². The molecule has 0 unspecified atom stereocenters. The molecule has 8 heteroatoms. The molecule has 3 aromatic rings. The number of anilines is 2. The van der Waals surface area contributed by atoms with Gasteiger partial charge in [-0.3, -0.25) is 4.79 Å². The number of hydrogen-bond donors (Lipinski definition) is 2. The predicted octanol–water partition coefficient (Wildman–Crippen LogP) is 6.15. The van der Waals surface area contributed by atoms with E-state index in [9.17, 15) is 9.90 Å². The van der Waals surface area contributed by atoms with Crippen molar-refractivity contribution in [3.8, 4) is 16.9 Å². The first-order chi connectivity index (χ1) is 15.5. The highest BCUT2D eigenvalue weighted by Gasteiger charge is 2.18. The SMILES string of the molecule is O=CN1CCCN(c2ccc(-c3ccccc3)cc2NSc2cc(Cl)cc(Cl)c2O)CC1. The molecule has 1 heterocycles. The van der Waals surface area contributed by atoms with Gasteiger partial charge in [-0.25, -0.2) is 0 Å². The summed E-state index contributed by atoms with van der Waals surface area (Å²) in [6.07, 6.45) is 1.82. The fraction of sp³-hybridized carbons (Fsp3) is 0.208. The zero-order valence-electron chi connectivity index (χ0n) is 17.3. The van der Waals surface area contributed by atoms with E-state index in [-0.39, 0.29) is 10.8 Å². The van der Waals surface area contributed by atoms with Gasteiger partial charge in [-0.2, -0.15) is 0 Å². The first-order valence-electron chi connectivity index (χ1n) is 10.3. The molecule has 0 radical (unpaired) electrons. The van der Waals surface area contributed by atoms with Crippen molar-refractivity contribution in [2.75, 3.05) is 35.8 Å². The predicted molar refractivity (Wildman–Crippen MR) is 134 cm³/mol. The van der Waals surface area contributed by atoms with Crippen LogP contribution < -0.4 is 9.62 Å². The second-order valence-corrected chi connectivity index (χ2v) is 9.21. The van der Waals surface area contributed by atoms with Gasteiger partial charge in [0.1, 0.15) is 5.75 Å². The summed E-state index contributed by atoms with van der Waals surface area (Å²) < 4.78 is 3.39. The van der Waals surface area contributed by atoms with Gasteiger partial charge in [-0.1, -0.05) is 59.6 Å². The molecule has 1 aliphatic rings. The molecule has 166 valence electrons. The molecule has 1 fully saturated rings. The summed E-state index contributed by atoms with van der Waals surface area (Å²) in [6, 6.07) is 19.7. The van der Waals surface area contributed by atoms with Crippen molar-refractivity contribution < 1.29 is 9.90 Å². The van der Waals surface area contributed by atoms with Crippen LogP contribution in [0.25, 0.3) is 11.1 Å². The minimum Gasteiger partial charge on any atom is -0.505 e. The van der Waals surface area contributed by atoms with Crippen LogP contribution in [0.2, 0.25) is 10.0 Å². The maximum atomic E-state index is 11.2. The monoisotopic (exact) mass is 487 g/mol. The van der Waals surface area contributed by atoms with E-state index < -0.39 is 0 Å². The van der Waals surface area contributed by atoms with Crippen molar-refractivity contribution in [1.82, 2.24) is 4.90 Å². The lowest BCUT2D eigenvalue weighted by Gasteiger charge is -2.26. The largest absolute Gasteiger partial charge is 0.505 e. The van der Waals surface area contributed by atoms with E-state index in [0.29, 0.717) is 16.5 Å². The van der Waals surface area contributed by atoms with Crippen molar-refractivity contribution >= 4 is 52.9 Å². The molecule has 3 aromatic carbocycles. The molecule has 0 atom stereocenters. The van der Waals surface area contributed by atoms with Crippen LogP contribution >= 0.6 is 35.1 Å². The van der Waals surface area contributed by atoms with E-state index in [0.717, 1.165) is 55.0 Å². The van der Waals surface area contributed by atoms with Gasteiger partial charge in [0.15, 0.2) is 0 Å². The fourth-order valence-corrected chi connectivity index (χ4v) is 5.11. The van der Waals surface area contributed by atoms with Crippen LogP contribution in [0.1, 0.15) is 6.42 Å². The van der Waals surface area contributed by atoms with Gasteiger partial charge < -0.3 is 19.6 Å². The normalized spacial score (nSPS) is 14.2. The van der Waals surface area contributed by atoms with E-state index in [1.54, 1.807) is 6.07 Å². The summed E-state index contributed by atoms with van der Waals surface area (Å²) in [7, 11) is 0. The number of hydrogen-bond acceptors (Lipinski definition) is 5. The number of halogens is 2. The highest BCUT2D eigenvalue weighted by molar-refractivity contribution is 8.00. The van der Waals surface area contributed by atoms with Gasteiger partial charge in [-0.05, 0) is 53.8 Å². The summed E-state index contributed by atoms with van der Waals surface area (Å²) in [5.74, 6) is -0.00859. The minimum atomic E-state index is -0.00859. The standard InChI is InChI=1S/C24H23Cl2N3O2S/c25-19-14-20(26)24(31)23(15-19)32-27-21-13-18(17-5-2-1-3-6-17)7-8-22(21)29-10-4-9-28(16-30)11-12-29/h1-3,5-8,13-16,27,31H,4,9-12H2. The Morgan fingerprint density at radius 2 is 1.75 bits per heavy atom. The van der Waals surface area contributed by atoms with Crippen LogP contribution in [0.15, 0.2) is 65.6 Å². The number of amides is 1. The highest BCUT2D eigenvalue weighted by atomic mass is 35.5. The summed E-state index contributed by atoms with van der Waals surface area (Å²) >= 11 is 13.5. The van der Waals surface area contributed by atoms with Crippen LogP contribution in [-0.4, -0.2) is 42.6 Å². The zero-order chi connectivity index (χ0) is 22.5. The second-order valence-electron chi connectivity index (χ2n) is 7.52.